The van der Waals surface area contributed by atoms with E-state index in [0.29, 0.717) is 6.54 Å². The highest BCUT2D eigenvalue weighted by atomic mass is 16.3. The third kappa shape index (κ3) is 4.36. The Balaban J connectivity index is 1.75. The molecule has 126 valence electrons. The van der Waals surface area contributed by atoms with Gasteiger partial charge in [-0.3, -0.25) is 0 Å². The quantitative estimate of drug-likeness (QED) is 0.822. The number of carbonyl (C=O) groups excluding carboxylic acids is 1. The largest absolute Gasteiger partial charge is 0.395 e. The minimum atomic E-state index is -0.0867. The Morgan fingerprint density at radius 1 is 1.08 bits per heavy atom. The first-order valence-corrected chi connectivity index (χ1v) is 8.55. The molecule has 1 aliphatic carbocycles. The van der Waals surface area contributed by atoms with Crippen molar-refractivity contribution in [3.63, 3.8) is 0 Å². The molecule has 1 fully saturated rings. The lowest BCUT2D eigenvalue weighted by Gasteiger charge is -2.26. The summed E-state index contributed by atoms with van der Waals surface area (Å²) >= 11 is 0. The summed E-state index contributed by atoms with van der Waals surface area (Å²) in [6, 6.07) is 20.3. The van der Waals surface area contributed by atoms with Crippen LogP contribution in [0.15, 0.2) is 60.7 Å². The zero-order chi connectivity index (χ0) is 16.8. The van der Waals surface area contributed by atoms with Crippen molar-refractivity contribution < 1.29 is 9.90 Å². The van der Waals surface area contributed by atoms with Crippen molar-refractivity contribution in [2.45, 2.75) is 31.3 Å². The fourth-order valence-corrected chi connectivity index (χ4v) is 2.96. The molecule has 0 bridgehead atoms. The number of aliphatic hydroxyl groups is 1. The van der Waals surface area contributed by atoms with E-state index in [0.717, 1.165) is 24.8 Å². The minimum absolute atomic E-state index is 0.00138. The van der Waals surface area contributed by atoms with Crippen molar-refractivity contribution in [1.82, 2.24) is 10.2 Å². The molecule has 24 heavy (non-hydrogen) atoms. The maximum atomic E-state index is 12.7. The highest BCUT2D eigenvalue weighted by Crippen LogP contribution is 2.27. The number of hydrogen-bond donors (Lipinski definition) is 2. The fourth-order valence-electron chi connectivity index (χ4n) is 2.96. The molecule has 2 aromatic rings. The maximum absolute atomic E-state index is 12.7. The van der Waals surface area contributed by atoms with Crippen LogP contribution < -0.4 is 5.32 Å². The van der Waals surface area contributed by atoms with Crippen molar-refractivity contribution in [2.24, 2.45) is 0 Å². The van der Waals surface area contributed by atoms with Crippen LogP contribution in [-0.4, -0.2) is 35.2 Å². The van der Waals surface area contributed by atoms with Gasteiger partial charge in [0.2, 0.25) is 0 Å². The zero-order valence-electron chi connectivity index (χ0n) is 13.8. The van der Waals surface area contributed by atoms with E-state index < -0.39 is 0 Å². The third-order valence-electron chi connectivity index (χ3n) is 4.37. The molecular formula is C20H24N2O2. The van der Waals surface area contributed by atoms with Gasteiger partial charge in [-0.2, -0.15) is 0 Å². The molecule has 4 nitrogen and oxygen atoms in total. The van der Waals surface area contributed by atoms with E-state index in [9.17, 15) is 9.90 Å². The number of nitrogens with one attached hydrogen (secondary N) is 1. The Bertz CT molecular complexity index is 641. The van der Waals surface area contributed by atoms with Crippen LogP contribution in [0.4, 0.5) is 4.79 Å². The van der Waals surface area contributed by atoms with Gasteiger partial charge in [-0.1, -0.05) is 60.7 Å². The zero-order valence-corrected chi connectivity index (χ0v) is 13.8. The lowest BCUT2D eigenvalue weighted by molar-refractivity contribution is 0.170. The van der Waals surface area contributed by atoms with Crippen molar-refractivity contribution in [3.8, 4) is 0 Å². The summed E-state index contributed by atoms with van der Waals surface area (Å²) in [5, 5.41) is 12.4. The molecule has 2 amide bonds. The number of urea groups is 1. The summed E-state index contributed by atoms with van der Waals surface area (Å²) in [7, 11) is 0. The molecule has 1 atom stereocenters. The predicted molar refractivity (Wildman–Crippen MR) is 94.7 cm³/mol. The molecule has 0 saturated heterocycles. The Morgan fingerprint density at radius 2 is 1.71 bits per heavy atom. The number of amides is 2. The smallest absolute Gasteiger partial charge is 0.318 e. The summed E-state index contributed by atoms with van der Waals surface area (Å²) in [6.07, 6.45) is 2.80. The van der Waals surface area contributed by atoms with Gasteiger partial charge in [0.25, 0.3) is 0 Å². The first-order chi connectivity index (χ1) is 11.8. The molecule has 3 rings (SSSR count). The normalized spacial score (nSPS) is 14.9. The van der Waals surface area contributed by atoms with Crippen LogP contribution in [0.1, 0.15) is 30.0 Å². The predicted octanol–water partition coefficient (Wildman–Crippen LogP) is 3.14. The van der Waals surface area contributed by atoms with Gasteiger partial charge in [0.1, 0.15) is 0 Å². The van der Waals surface area contributed by atoms with Gasteiger partial charge in [0, 0.05) is 12.6 Å². The number of carbonyl (C=O) groups is 1. The number of aliphatic hydroxyl groups excluding tert-OH is 1. The summed E-state index contributed by atoms with van der Waals surface area (Å²) in [5.41, 5.74) is 2.28. The molecule has 0 aromatic heterocycles. The van der Waals surface area contributed by atoms with Crippen LogP contribution in [0.3, 0.4) is 0 Å². The molecule has 4 heteroatoms. The van der Waals surface area contributed by atoms with E-state index >= 15 is 0 Å². The molecule has 0 aliphatic heterocycles. The summed E-state index contributed by atoms with van der Waals surface area (Å²) in [6.45, 7) is 0.391. The second kappa shape index (κ2) is 7.97. The molecule has 0 spiro atoms. The topological polar surface area (TPSA) is 52.6 Å². The van der Waals surface area contributed by atoms with Gasteiger partial charge in [-0.05, 0) is 30.4 Å². The van der Waals surface area contributed by atoms with E-state index in [4.69, 9.17) is 0 Å². The maximum Gasteiger partial charge on any atom is 0.318 e. The van der Waals surface area contributed by atoms with Crippen molar-refractivity contribution in [1.29, 1.82) is 0 Å². The van der Waals surface area contributed by atoms with Gasteiger partial charge in [-0.25, -0.2) is 4.79 Å². The molecular weight excluding hydrogens is 300 g/mol. The Hall–Kier alpha value is -2.33. The second-order valence-electron chi connectivity index (χ2n) is 6.25. The van der Waals surface area contributed by atoms with Crippen molar-refractivity contribution in [3.05, 3.63) is 71.8 Å². The average Bonchev–Trinajstić information content (AvgIpc) is 3.45. The number of hydrogen-bond acceptors (Lipinski definition) is 2. The third-order valence-corrected chi connectivity index (χ3v) is 4.37. The fraction of sp³-hybridized carbons (Fsp3) is 0.350. The van der Waals surface area contributed by atoms with Gasteiger partial charge in [0.05, 0.1) is 12.6 Å². The first kappa shape index (κ1) is 16.5. The number of benzene rings is 2. The van der Waals surface area contributed by atoms with Crippen molar-refractivity contribution >= 4 is 6.03 Å². The summed E-state index contributed by atoms with van der Waals surface area (Å²) in [5.74, 6) is 0. The Kier molecular flexibility index (Phi) is 5.49. The second-order valence-corrected chi connectivity index (χ2v) is 6.25. The molecule has 1 aliphatic rings. The van der Waals surface area contributed by atoms with E-state index in [-0.39, 0.29) is 24.7 Å². The van der Waals surface area contributed by atoms with Crippen LogP contribution in [0.25, 0.3) is 0 Å². The Morgan fingerprint density at radius 3 is 2.29 bits per heavy atom. The lowest BCUT2D eigenvalue weighted by Crippen LogP contribution is -2.44. The molecule has 1 saturated carbocycles. The molecule has 0 radical (unpaired) electrons. The van der Waals surface area contributed by atoms with E-state index in [1.165, 1.54) is 5.56 Å². The van der Waals surface area contributed by atoms with E-state index in [1.807, 2.05) is 48.5 Å². The molecule has 0 heterocycles. The highest BCUT2D eigenvalue weighted by Gasteiger charge is 2.33. The number of rotatable bonds is 7. The van der Waals surface area contributed by atoms with Crippen molar-refractivity contribution in [2.75, 3.05) is 13.2 Å². The van der Waals surface area contributed by atoms with Gasteiger partial charge < -0.3 is 15.3 Å². The first-order valence-electron chi connectivity index (χ1n) is 8.55. The monoisotopic (exact) mass is 324 g/mol. The molecule has 2 aromatic carbocycles. The van der Waals surface area contributed by atoms with Gasteiger partial charge >= 0.3 is 6.03 Å². The van der Waals surface area contributed by atoms with Crippen LogP contribution in [0.2, 0.25) is 0 Å². The van der Waals surface area contributed by atoms with E-state index in [1.54, 1.807) is 4.90 Å². The molecule has 2 N–H and O–H groups in total. The van der Waals surface area contributed by atoms with E-state index in [2.05, 4.69) is 17.4 Å². The van der Waals surface area contributed by atoms with Crippen LogP contribution in [0.5, 0.6) is 0 Å². The highest BCUT2D eigenvalue weighted by molar-refractivity contribution is 5.75. The lowest BCUT2D eigenvalue weighted by atomic mass is 9.99. The van der Waals surface area contributed by atoms with Crippen LogP contribution in [-0.2, 0) is 6.42 Å². The molecule has 1 unspecified atom stereocenters. The minimum Gasteiger partial charge on any atom is -0.395 e. The van der Waals surface area contributed by atoms with Crippen LogP contribution in [0, 0.1) is 0 Å². The van der Waals surface area contributed by atoms with Crippen LogP contribution >= 0.6 is 0 Å². The SMILES string of the molecule is O=C(NC(Cc1ccccc1)c1ccccc1)N(CCO)C1CC1. The summed E-state index contributed by atoms with van der Waals surface area (Å²) < 4.78 is 0. The number of nitrogens with zero attached hydrogens (tertiary/aromatic N) is 1. The Labute approximate surface area is 143 Å². The average molecular weight is 324 g/mol. The van der Waals surface area contributed by atoms with Gasteiger partial charge in [-0.15, -0.1) is 0 Å². The summed E-state index contributed by atoms with van der Waals surface area (Å²) in [4.78, 5) is 14.5. The standard InChI is InChI=1S/C20H24N2O2/c23-14-13-22(18-11-12-18)20(24)21-19(17-9-5-2-6-10-17)15-16-7-3-1-4-8-16/h1-10,18-19,23H,11-15H2,(H,21,24). The van der Waals surface area contributed by atoms with Gasteiger partial charge in [0.15, 0.2) is 0 Å².